The Hall–Kier alpha value is -1.48. The van der Waals surface area contributed by atoms with Gasteiger partial charge in [0.2, 0.25) is 10.0 Å². The van der Waals surface area contributed by atoms with E-state index in [0.29, 0.717) is 13.1 Å². The lowest BCUT2D eigenvalue weighted by Crippen LogP contribution is -2.49. The number of nitrogens with one attached hydrogen (secondary N) is 1. The highest BCUT2D eigenvalue weighted by Gasteiger charge is 2.32. The van der Waals surface area contributed by atoms with Crippen molar-refractivity contribution in [1.82, 2.24) is 9.62 Å². The fourth-order valence-corrected chi connectivity index (χ4v) is 4.34. The fraction of sp³-hybridized carbons (Fsp3) is 0.588. The highest BCUT2D eigenvalue weighted by Crippen LogP contribution is 2.22. The Bertz CT molecular complexity index is 723. The molecular weight excluding hydrogens is 342 g/mol. The molecule has 0 saturated carbocycles. The van der Waals surface area contributed by atoms with E-state index in [1.165, 1.54) is 16.4 Å². The first-order valence-corrected chi connectivity index (χ1v) is 9.77. The number of carbonyl (C=O) groups is 1. The Morgan fingerprint density at radius 2 is 1.92 bits per heavy atom. The Kier molecular flexibility index (Phi) is 5.88. The first kappa shape index (κ1) is 19.8. The van der Waals surface area contributed by atoms with E-state index >= 15 is 0 Å². The third-order valence-electron chi connectivity index (χ3n) is 4.08. The zero-order chi connectivity index (χ0) is 18.8. The fourth-order valence-electron chi connectivity index (χ4n) is 2.70. The molecule has 1 aromatic carbocycles. The standard InChI is InChI=1S/C17H27N3O4S/c1-12-9-20(10-13(2)24-12)25(22,23)15-7-5-6-14(8-15)16(21)19-17(3,4)11-18/h5-8,12-13H,9-11,18H2,1-4H3,(H,19,21). The summed E-state index contributed by atoms with van der Waals surface area (Å²) in [6.07, 6.45) is -0.342. The molecule has 0 bridgehead atoms. The molecule has 140 valence electrons. The maximum absolute atomic E-state index is 12.9. The van der Waals surface area contributed by atoms with E-state index in [1.54, 1.807) is 12.1 Å². The van der Waals surface area contributed by atoms with Crippen molar-refractivity contribution >= 4 is 15.9 Å². The Morgan fingerprint density at radius 1 is 1.32 bits per heavy atom. The lowest BCUT2D eigenvalue weighted by atomic mass is 10.1. The molecule has 25 heavy (non-hydrogen) atoms. The van der Waals surface area contributed by atoms with Crippen LogP contribution in [0, 0.1) is 0 Å². The summed E-state index contributed by atoms with van der Waals surface area (Å²) >= 11 is 0. The van der Waals surface area contributed by atoms with Crippen LogP contribution in [-0.4, -0.2) is 56.0 Å². The van der Waals surface area contributed by atoms with Gasteiger partial charge in [-0.15, -0.1) is 0 Å². The second kappa shape index (κ2) is 7.41. The molecule has 1 aromatic rings. The van der Waals surface area contributed by atoms with Gasteiger partial charge in [0.05, 0.1) is 17.1 Å². The van der Waals surface area contributed by atoms with Crippen LogP contribution in [0.5, 0.6) is 0 Å². The molecule has 1 saturated heterocycles. The third kappa shape index (κ3) is 4.78. The number of hydrogen-bond acceptors (Lipinski definition) is 5. The van der Waals surface area contributed by atoms with E-state index in [1.807, 2.05) is 27.7 Å². The molecular formula is C17H27N3O4S. The molecule has 0 radical (unpaired) electrons. The number of morpholine rings is 1. The molecule has 0 spiro atoms. The minimum Gasteiger partial charge on any atom is -0.373 e. The first-order chi connectivity index (χ1) is 11.5. The van der Waals surface area contributed by atoms with Crippen molar-refractivity contribution in [2.24, 2.45) is 5.73 Å². The van der Waals surface area contributed by atoms with E-state index in [-0.39, 0.29) is 35.1 Å². The van der Waals surface area contributed by atoms with Crippen molar-refractivity contribution in [2.75, 3.05) is 19.6 Å². The lowest BCUT2D eigenvalue weighted by Gasteiger charge is -2.34. The molecule has 2 rings (SSSR count). The van der Waals surface area contributed by atoms with Crippen LogP contribution in [0.2, 0.25) is 0 Å². The van der Waals surface area contributed by atoms with E-state index in [0.717, 1.165) is 0 Å². The summed E-state index contributed by atoms with van der Waals surface area (Å²) in [6, 6.07) is 6.07. The van der Waals surface area contributed by atoms with Crippen molar-refractivity contribution in [2.45, 2.75) is 50.3 Å². The molecule has 2 unspecified atom stereocenters. The van der Waals surface area contributed by atoms with Gasteiger partial charge in [0.15, 0.2) is 0 Å². The molecule has 0 aliphatic carbocycles. The average molecular weight is 369 g/mol. The molecule has 1 aliphatic heterocycles. The first-order valence-electron chi connectivity index (χ1n) is 8.33. The largest absolute Gasteiger partial charge is 0.373 e. The molecule has 1 heterocycles. The number of sulfonamides is 1. The van der Waals surface area contributed by atoms with E-state index in [2.05, 4.69) is 5.32 Å². The zero-order valence-corrected chi connectivity index (χ0v) is 16.0. The van der Waals surface area contributed by atoms with Crippen molar-refractivity contribution in [3.63, 3.8) is 0 Å². The second-order valence-electron chi connectivity index (χ2n) is 7.15. The van der Waals surface area contributed by atoms with Gasteiger partial charge in [0, 0.05) is 30.7 Å². The predicted molar refractivity (Wildman–Crippen MR) is 95.8 cm³/mol. The van der Waals surface area contributed by atoms with Crippen LogP contribution in [-0.2, 0) is 14.8 Å². The maximum atomic E-state index is 12.9. The monoisotopic (exact) mass is 369 g/mol. The number of hydrogen-bond donors (Lipinski definition) is 2. The number of rotatable bonds is 5. The molecule has 2 atom stereocenters. The summed E-state index contributed by atoms with van der Waals surface area (Å²) in [5.74, 6) is -0.351. The van der Waals surface area contributed by atoms with E-state index in [9.17, 15) is 13.2 Å². The predicted octanol–water partition coefficient (Wildman–Crippen LogP) is 0.952. The molecule has 8 heteroatoms. The number of nitrogens with zero attached hydrogens (tertiary/aromatic N) is 1. The highest BCUT2D eigenvalue weighted by molar-refractivity contribution is 7.89. The molecule has 1 fully saturated rings. The third-order valence-corrected chi connectivity index (χ3v) is 5.91. The summed E-state index contributed by atoms with van der Waals surface area (Å²) in [5, 5.41) is 2.80. The van der Waals surface area contributed by atoms with Gasteiger partial charge in [-0.05, 0) is 45.9 Å². The number of benzene rings is 1. The van der Waals surface area contributed by atoms with Gasteiger partial charge in [-0.25, -0.2) is 8.42 Å². The Labute approximate surface area is 149 Å². The maximum Gasteiger partial charge on any atom is 0.251 e. The second-order valence-corrected chi connectivity index (χ2v) is 9.09. The minimum atomic E-state index is -3.68. The number of carbonyl (C=O) groups excluding carboxylic acids is 1. The Balaban J connectivity index is 2.27. The summed E-state index contributed by atoms with van der Waals surface area (Å²) in [4.78, 5) is 12.5. The SMILES string of the molecule is CC1CN(S(=O)(=O)c2cccc(C(=O)NC(C)(C)CN)c2)CC(C)O1. The quantitative estimate of drug-likeness (QED) is 0.805. The topological polar surface area (TPSA) is 102 Å². The summed E-state index contributed by atoms with van der Waals surface area (Å²) in [5.41, 5.74) is 5.35. The molecule has 0 aromatic heterocycles. The van der Waals surface area contributed by atoms with Crippen molar-refractivity contribution < 1.29 is 17.9 Å². The Morgan fingerprint density at radius 3 is 2.48 bits per heavy atom. The summed E-state index contributed by atoms with van der Waals surface area (Å²) in [7, 11) is -3.68. The number of amides is 1. The van der Waals surface area contributed by atoms with Crippen LogP contribution in [0.15, 0.2) is 29.2 Å². The van der Waals surface area contributed by atoms with Gasteiger partial charge < -0.3 is 15.8 Å². The zero-order valence-electron chi connectivity index (χ0n) is 15.2. The van der Waals surface area contributed by atoms with Crippen molar-refractivity contribution in [3.8, 4) is 0 Å². The van der Waals surface area contributed by atoms with Crippen LogP contribution in [0.4, 0.5) is 0 Å². The van der Waals surface area contributed by atoms with Crippen molar-refractivity contribution in [3.05, 3.63) is 29.8 Å². The molecule has 1 amide bonds. The molecule has 1 aliphatic rings. The van der Waals surface area contributed by atoms with Crippen LogP contribution in [0.25, 0.3) is 0 Å². The van der Waals surface area contributed by atoms with E-state index in [4.69, 9.17) is 10.5 Å². The number of ether oxygens (including phenoxy) is 1. The number of nitrogens with two attached hydrogens (primary N) is 1. The van der Waals surface area contributed by atoms with Crippen LogP contribution >= 0.6 is 0 Å². The van der Waals surface area contributed by atoms with Crippen LogP contribution < -0.4 is 11.1 Å². The van der Waals surface area contributed by atoms with Crippen molar-refractivity contribution in [1.29, 1.82) is 0 Å². The molecule has 7 nitrogen and oxygen atoms in total. The van der Waals surface area contributed by atoms with Gasteiger partial charge in [-0.3, -0.25) is 4.79 Å². The van der Waals surface area contributed by atoms with Gasteiger partial charge >= 0.3 is 0 Å². The van der Waals surface area contributed by atoms with Gasteiger partial charge in [-0.2, -0.15) is 4.31 Å². The normalized spacial score (nSPS) is 22.6. The summed E-state index contributed by atoms with van der Waals surface area (Å²) in [6.45, 7) is 8.17. The van der Waals surface area contributed by atoms with Crippen LogP contribution in [0.1, 0.15) is 38.1 Å². The van der Waals surface area contributed by atoms with E-state index < -0.39 is 15.6 Å². The molecule has 3 N–H and O–H groups in total. The smallest absolute Gasteiger partial charge is 0.251 e. The summed E-state index contributed by atoms with van der Waals surface area (Å²) < 4.78 is 32.8. The highest BCUT2D eigenvalue weighted by atomic mass is 32.2. The van der Waals surface area contributed by atoms with Gasteiger partial charge in [-0.1, -0.05) is 6.07 Å². The van der Waals surface area contributed by atoms with Gasteiger partial charge in [0.25, 0.3) is 5.91 Å². The van der Waals surface area contributed by atoms with Crippen LogP contribution in [0.3, 0.4) is 0 Å². The van der Waals surface area contributed by atoms with Gasteiger partial charge in [0.1, 0.15) is 0 Å². The lowest BCUT2D eigenvalue weighted by molar-refractivity contribution is -0.0440. The average Bonchev–Trinajstić information content (AvgIpc) is 2.53. The minimum absolute atomic E-state index is 0.104.